The summed E-state index contributed by atoms with van der Waals surface area (Å²) in [6.45, 7) is 2.11. The number of hydrogen-bond donors (Lipinski definition) is 2. The van der Waals surface area contributed by atoms with Crippen LogP contribution < -0.4 is 20.7 Å². The summed E-state index contributed by atoms with van der Waals surface area (Å²) in [5, 5.41) is 3.42. The third-order valence-electron chi connectivity index (χ3n) is 9.97. The van der Waals surface area contributed by atoms with Crippen LogP contribution in [0.15, 0.2) is 24.3 Å². The Labute approximate surface area is 257 Å². The fourth-order valence-electron chi connectivity index (χ4n) is 7.92. The first-order valence-electron chi connectivity index (χ1n) is 15.3. The molecule has 3 unspecified atom stereocenters. The minimum absolute atomic E-state index is 0.0449. The summed E-state index contributed by atoms with van der Waals surface area (Å²) in [6, 6.07) is 5.05. The van der Waals surface area contributed by atoms with Crippen molar-refractivity contribution in [3.05, 3.63) is 47.2 Å². The molecule has 6 heterocycles. The lowest BCUT2D eigenvalue weighted by atomic mass is 9.95. The number of aromatic nitrogens is 3. The molecule has 3 N–H and O–H groups in total. The second-order valence-electron chi connectivity index (χ2n) is 12.5. The van der Waals surface area contributed by atoms with Gasteiger partial charge in [-0.3, -0.25) is 10.2 Å². The molecule has 2 aromatic heterocycles. The van der Waals surface area contributed by atoms with Crippen molar-refractivity contribution in [2.75, 3.05) is 36.9 Å². The van der Waals surface area contributed by atoms with Crippen LogP contribution in [0.1, 0.15) is 43.4 Å². The Bertz CT molecular complexity index is 1900. The fraction of sp³-hybridized carbons (Fsp3) is 0.424. The molecule has 4 aliphatic rings. The number of benzene rings is 2. The van der Waals surface area contributed by atoms with E-state index >= 15 is 8.78 Å². The van der Waals surface area contributed by atoms with Gasteiger partial charge in [0, 0.05) is 16.6 Å². The maximum absolute atomic E-state index is 16.9. The maximum atomic E-state index is 16.9. The number of fused-ring (bicyclic) bond motifs is 4. The highest BCUT2D eigenvalue weighted by atomic mass is 19.2. The normalized spacial score (nSPS) is 24.0. The first kappa shape index (κ1) is 28.3. The SMILES string of the molecule is C#Cc1c(F)ccc2cc(N)cc(-c3nc4c5c(nc(OCC67CCCN6CCC7)nc5c3F)N3CC(F)NC(F)C3CC4)c12. The number of halogens is 4. The largest absolute Gasteiger partial charge is 0.461 e. The highest BCUT2D eigenvalue weighted by Gasteiger charge is 2.45. The molecule has 232 valence electrons. The minimum Gasteiger partial charge on any atom is -0.461 e. The third kappa shape index (κ3) is 4.39. The lowest BCUT2D eigenvalue weighted by molar-refractivity contribution is 0.104. The zero-order chi connectivity index (χ0) is 31.0. The molecule has 4 aliphatic heterocycles. The number of nitrogens with two attached hydrogens (primary N) is 1. The van der Waals surface area contributed by atoms with E-state index in [1.807, 2.05) is 0 Å². The summed E-state index contributed by atoms with van der Waals surface area (Å²) < 4.78 is 68.1. The summed E-state index contributed by atoms with van der Waals surface area (Å²) in [4.78, 5) is 17.9. The average molecular weight is 618 g/mol. The monoisotopic (exact) mass is 617 g/mol. The second-order valence-corrected chi connectivity index (χ2v) is 12.5. The van der Waals surface area contributed by atoms with Gasteiger partial charge in [-0.05, 0) is 75.2 Å². The van der Waals surface area contributed by atoms with Gasteiger partial charge in [0.15, 0.2) is 18.4 Å². The highest BCUT2D eigenvalue weighted by molar-refractivity contribution is 6.04. The molecule has 4 aromatic rings. The van der Waals surface area contributed by atoms with Gasteiger partial charge in [-0.15, -0.1) is 6.42 Å². The molecule has 0 spiro atoms. The standard InChI is InChI=1S/C33H31F4N7O/c1-2-19-21(34)6-5-17-13-18(38)14-20(25(17)19)28-27(36)29-26-22(39-28)7-8-23-30(37)40-24(35)15-44(23)31(26)42-32(41-29)45-16-33-9-3-11-43(33)12-4-10-33/h1,5-6,13-14,23-24,30,40H,3-4,7-12,15-16,38H2. The van der Waals surface area contributed by atoms with E-state index in [0.717, 1.165) is 38.8 Å². The third-order valence-corrected chi connectivity index (χ3v) is 9.97. The van der Waals surface area contributed by atoms with Crippen molar-refractivity contribution in [2.24, 2.45) is 0 Å². The van der Waals surface area contributed by atoms with E-state index in [1.165, 1.54) is 23.1 Å². The number of nitrogens with one attached hydrogen (secondary N) is 1. The van der Waals surface area contributed by atoms with E-state index in [9.17, 15) is 8.78 Å². The number of alkyl halides is 2. The van der Waals surface area contributed by atoms with E-state index in [4.69, 9.17) is 21.9 Å². The molecule has 12 heteroatoms. The van der Waals surface area contributed by atoms with E-state index in [0.29, 0.717) is 23.4 Å². The molecule has 0 amide bonds. The van der Waals surface area contributed by atoms with Crippen LogP contribution in [0, 0.1) is 24.0 Å². The number of ether oxygens (including phenoxy) is 1. The van der Waals surface area contributed by atoms with Crippen LogP contribution in [0.3, 0.4) is 0 Å². The Morgan fingerprint density at radius 2 is 1.89 bits per heavy atom. The summed E-state index contributed by atoms with van der Waals surface area (Å²) in [5.74, 6) is 1.12. The maximum Gasteiger partial charge on any atom is 0.319 e. The second kappa shape index (κ2) is 10.4. The van der Waals surface area contributed by atoms with Crippen LogP contribution in [0.25, 0.3) is 32.9 Å². The van der Waals surface area contributed by atoms with E-state index < -0.39 is 30.3 Å². The smallest absolute Gasteiger partial charge is 0.319 e. The first-order chi connectivity index (χ1) is 21.8. The summed E-state index contributed by atoms with van der Waals surface area (Å²) >= 11 is 0. The van der Waals surface area contributed by atoms with Gasteiger partial charge in [0.1, 0.15) is 29.5 Å². The zero-order valence-corrected chi connectivity index (χ0v) is 24.4. The van der Waals surface area contributed by atoms with Gasteiger partial charge < -0.3 is 15.4 Å². The van der Waals surface area contributed by atoms with E-state index in [2.05, 4.69) is 26.1 Å². The molecule has 3 saturated heterocycles. The van der Waals surface area contributed by atoms with Crippen molar-refractivity contribution in [1.82, 2.24) is 25.2 Å². The molecule has 3 fully saturated rings. The van der Waals surface area contributed by atoms with Crippen molar-refractivity contribution >= 4 is 33.2 Å². The molecule has 0 aliphatic carbocycles. The van der Waals surface area contributed by atoms with E-state index in [-0.39, 0.29) is 69.9 Å². The van der Waals surface area contributed by atoms with Crippen molar-refractivity contribution in [3.8, 4) is 29.6 Å². The number of aryl methyl sites for hydroxylation is 1. The number of piperazine rings is 1. The molecule has 0 bridgehead atoms. The zero-order valence-electron chi connectivity index (χ0n) is 24.4. The number of anilines is 2. The van der Waals surface area contributed by atoms with Crippen LogP contribution in [-0.2, 0) is 6.42 Å². The van der Waals surface area contributed by atoms with Crippen LogP contribution in [-0.4, -0.2) is 70.3 Å². The number of pyridine rings is 1. The van der Waals surface area contributed by atoms with Gasteiger partial charge >= 0.3 is 6.01 Å². The molecular weight excluding hydrogens is 586 g/mol. The Kier molecular flexibility index (Phi) is 6.55. The fourth-order valence-corrected chi connectivity index (χ4v) is 7.92. The molecular formula is C33H31F4N7O. The minimum atomic E-state index is -1.69. The molecule has 0 radical (unpaired) electrons. The lowest BCUT2D eigenvalue weighted by Crippen LogP contribution is -2.59. The number of terminal acetylenes is 1. The number of nitrogen functional groups attached to an aromatic ring is 1. The topological polar surface area (TPSA) is 92.4 Å². The number of hydrogen-bond acceptors (Lipinski definition) is 8. The van der Waals surface area contributed by atoms with Gasteiger partial charge in [-0.1, -0.05) is 12.0 Å². The Morgan fingerprint density at radius 3 is 2.67 bits per heavy atom. The molecule has 8 nitrogen and oxygen atoms in total. The van der Waals surface area contributed by atoms with E-state index in [1.54, 1.807) is 6.07 Å². The van der Waals surface area contributed by atoms with Crippen LogP contribution in [0.5, 0.6) is 6.01 Å². The molecule has 3 atom stereocenters. The van der Waals surface area contributed by atoms with Crippen LogP contribution >= 0.6 is 0 Å². The highest BCUT2D eigenvalue weighted by Crippen LogP contribution is 2.43. The van der Waals surface area contributed by atoms with Gasteiger partial charge in [-0.25, -0.2) is 22.5 Å². The summed E-state index contributed by atoms with van der Waals surface area (Å²) in [5.41, 5.74) is 6.74. The average Bonchev–Trinajstić information content (AvgIpc) is 3.56. The molecule has 2 aromatic carbocycles. The Balaban J connectivity index is 1.35. The number of nitrogens with zero attached hydrogens (tertiary/aromatic N) is 5. The van der Waals surface area contributed by atoms with Crippen LogP contribution in [0.4, 0.5) is 29.1 Å². The van der Waals surface area contributed by atoms with Crippen LogP contribution in [0.2, 0.25) is 0 Å². The quantitative estimate of drug-likeness (QED) is 0.143. The number of rotatable bonds is 4. The molecule has 8 rings (SSSR count). The van der Waals surface area contributed by atoms with Crippen molar-refractivity contribution < 1.29 is 22.3 Å². The van der Waals surface area contributed by atoms with Gasteiger partial charge in [0.25, 0.3) is 0 Å². The predicted octanol–water partition coefficient (Wildman–Crippen LogP) is 5.01. The van der Waals surface area contributed by atoms with Crippen molar-refractivity contribution in [2.45, 2.75) is 62.7 Å². The Hall–Kier alpha value is -4.21. The first-order valence-corrected chi connectivity index (χ1v) is 15.3. The van der Waals surface area contributed by atoms with Gasteiger partial charge in [0.2, 0.25) is 0 Å². The molecule has 45 heavy (non-hydrogen) atoms. The van der Waals surface area contributed by atoms with Crippen molar-refractivity contribution in [1.29, 1.82) is 0 Å². The van der Waals surface area contributed by atoms with Crippen molar-refractivity contribution in [3.63, 3.8) is 0 Å². The Morgan fingerprint density at radius 1 is 1.09 bits per heavy atom. The summed E-state index contributed by atoms with van der Waals surface area (Å²) in [7, 11) is 0. The van der Waals surface area contributed by atoms with Gasteiger partial charge in [-0.2, -0.15) is 9.97 Å². The molecule has 0 saturated carbocycles. The summed E-state index contributed by atoms with van der Waals surface area (Å²) in [6.07, 6.45) is 6.92. The predicted molar refractivity (Wildman–Crippen MR) is 163 cm³/mol. The lowest BCUT2D eigenvalue weighted by Gasteiger charge is -2.40. The van der Waals surface area contributed by atoms with Gasteiger partial charge in [0.05, 0.1) is 34.8 Å².